The van der Waals surface area contributed by atoms with Gasteiger partial charge in [-0.3, -0.25) is 10.1 Å². The molecule has 1 amide bonds. The lowest BCUT2D eigenvalue weighted by Gasteiger charge is -2.33. The molecule has 4 rings (SSSR count). The van der Waals surface area contributed by atoms with Gasteiger partial charge < -0.3 is 21.7 Å². The van der Waals surface area contributed by atoms with E-state index in [-0.39, 0.29) is 36.1 Å². The molecule has 0 radical (unpaired) electrons. The van der Waals surface area contributed by atoms with Crippen molar-refractivity contribution in [2.75, 3.05) is 13.1 Å². The number of nitrogens with two attached hydrogens (primary N) is 1. The van der Waals surface area contributed by atoms with Crippen LogP contribution in [0, 0.1) is 17.8 Å². The molecule has 178 valence electrons. The van der Waals surface area contributed by atoms with E-state index in [4.69, 9.17) is 5.73 Å². The van der Waals surface area contributed by atoms with E-state index in [0.29, 0.717) is 30.7 Å². The molecule has 2 aliphatic heterocycles. The van der Waals surface area contributed by atoms with Gasteiger partial charge in [-0.2, -0.15) is 0 Å². The van der Waals surface area contributed by atoms with E-state index in [1.54, 1.807) is 0 Å². The van der Waals surface area contributed by atoms with Crippen LogP contribution in [0.4, 0.5) is 4.39 Å². The summed E-state index contributed by atoms with van der Waals surface area (Å²) >= 11 is 0. The summed E-state index contributed by atoms with van der Waals surface area (Å²) in [6.07, 6.45) is 10.5. The Morgan fingerprint density at radius 1 is 1.10 bits per heavy atom. The molecule has 2 saturated carbocycles. The summed E-state index contributed by atoms with van der Waals surface area (Å²) in [5.41, 5.74) is 6.36. The summed E-state index contributed by atoms with van der Waals surface area (Å²) < 4.78 is 14.4. The lowest BCUT2D eigenvalue weighted by molar-refractivity contribution is -0.124. The van der Waals surface area contributed by atoms with Gasteiger partial charge in [-0.15, -0.1) is 0 Å². The maximum atomic E-state index is 14.4. The highest BCUT2D eigenvalue weighted by Gasteiger charge is 2.46. The van der Waals surface area contributed by atoms with Gasteiger partial charge in [0, 0.05) is 24.0 Å². The van der Waals surface area contributed by atoms with Crippen LogP contribution in [0.15, 0.2) is 0 Å². The number of halogens is 1. The highest BCUT2D eigenvalue weighted by Crippen LogP contribution is 2.38. The van der Waals surface area contributed by atoms with Gasteiger partial charge in [-0.1, -0.05) is 19.8 Å². The predicted molar refractivity (Wildman–Crippen MR) is 122 cm³/mol. The summed E-state index contributed by atoms with van der Waals surface area (Å²) in [7, 11) is 0. The van der Waals surface area contributed by atoms with Crippen LogP contribution in [-0.4, -0.2) is 55.5 Å². The SMILES string of the molecule is CC1CCC(F)C2CC(C(=O)NC3CCCC(CCC(N)NC4CCNCC4)C3)NC12. The Balaban J connectivity index is 1.18. The Kier molecular flexibility index (Phi) is 8.23. The van der Waals surface area contributed by atoms with Crippen LogP contribution in [0.5, 0.6) is 0 Å². The van der Waals surface area contributed by atoms with Crippen molar-refractivity contribution < 1.29 is 9.18 Å². The zero-order chi connectivity index (χ0) is 21.8. The standard InChI is InChI=1S/C24H44FN5O/c1-15-5-7-20(25)19-14-21(30-23(15)19)24(31)29-18-4-2-3-16(13-18)6-8-22(26)28-17-9-11-27-12-10-17/h15-23,27-28,30H,2-14,26H2,1H3,(H,29,31). The molecule has 6 N–H and O–H groups in total. The van der Waals surface area contributed by atoms with Crippen molar-refractivity contribution in [2.45, 2.75) is 114 Å². The number of carbonyl (C=O) groups excluding carboxylic acids is 1. The van der Waals surface area contributed by atoms with Crippen molar-refractivity contribution in [2.24, 2.45) is 23.5 Å². The summed E-state index contributed by atoms with van der Waals surface area (Å²) in [5, 5.41) is 13.8. The Morgan fingerprint density at radius 3 is 2.68 bits per heavy atom. The average Bonchev–Trinajstić information content (AvgIpc) is 3.23. The smallest absolute Gasteiger partial charge is 0.237 e. The van der Waals surface area contributed by atoms with Crippen LogP contribution >= 0.6 is 0 Å². The van der Waals surface area contributed by atoms with E-state index < -0.39 is 6.17 Å². The average molecular weight is 438 g/mol. The molecule has 4 fully saturated rings. The van der Waals surface area contributed by atoms with E-state index in [0.717, 1.165) is 58.0 Å². The van der Waals surface area contributed by atoms with Gasteiger partial charge in [-0.25, -0.2) is 4.39 Å². The molecule has 31 heavy (non-hydrogen) atoms. The van der Waals surface area contributed by atoms with Crippen LogP contribution in [0.3, 0.4) is 0 Å². The molecule has 7 heteroatoms. The van der Waals surface area contributed by atoms with Crippen LogP contribution in [0.2, 0.25) is 0 Å². The minimum atomic E-state index is -0.756. The van der Waals surface area contributed by atoms with Gasteiger partial charge in [-0.05, 0) is 82.7 Å². The Labute approximate surface area is 187 Å². The number of hydrogen-bond donors (Lipinski definition) is 5. The van der Waals surface area contributed by atoms with Gasteiger partial charge in [0.05, 0.1) is 12.2 Å². The highest BCUT2D eigenvalue weighted by molar-refractivity contribution is 5.82. The van der Waals surface area contributed by atoms with Crippen molar-refractivity contribution in [1.82, 2.24) is 21.3 Å². The third-order valence-corrected chi connectivity index (χ3v) is 8.46. The zero-order valence-corrected chi connectivity index (χ0v) is 19.3. The highest BCUT2D eigenvalue weighted by atomic mass is 19.1. The second-order valence-corrected chi connectivity index (χ2v) is 10.8. The fourth-order valence-corrected chi connectivity index (χ4v) is 6.58. The summed E-state index contributed by atoms with van der Waals surface area (Å²) in [6.45, 7) is 4.35. The van der Waals surface area contributed by atoms with Crippen molar-refractivity contribution >= 4 is 5.91 Å². The molecule has 8 unspecified atom stereocenters. The molecule has 2 heterocycles. The van der Waals surface area contributed by atoms with Crippen LogP contribution in [-0.2, 0) is 4.79 Å². The first kappa shape index (κ1) is 23.4. The first-order chi connectivity index (χ1) is 15.0. The molecule has 2 saturated heterocycles. The molecule has 0 aromatic carbocycles. The summed E-state index contributed by atoms with van der Waals surface area (Å²) in [5.74, 6) is 1.18. The molecule has 0 aromatic rings. The quantitative estimate of drug-likeness (QED) is 0.394. The summed E-state index contributed by atoms with van der Waals surface area (Å²) in [6, 6.07) is 0.732. The molecule has 2 aliphatic carbocycles. The minimum absolute atomic E-state index is 0.00698. The molecule has 0 bridgehead atoms. The van der Waals surface area contributed by atoms with E-state index in [2.05, 4.69) is 28.2 Å². The normalized spacial score (nSPS) is 40.3. The van der Waals surface area contributed by atoms with Crippen molar-refractivity contribution in [3.63, 3.8) is 0 Å². The third-order valence-electron chi connectivity index (χ3n) is 8.46. The van der Waals surface area contributed by atoms with Crippen LogP contribution in [0.25, 0.3) is 0 Å². The Hall–Kier alpha value is -0.760. The fourth-order valence-electron chi connectivity index (χ4n) is 6.58. The van der Waals surface area contributed by atoms with Gasteiger partial charge in [0.2, 0.25) is 5.91 Å². The molecule has 0 spiro atoms. The number of rotatable bonds is 7. The second kappa shape index (κ2) is 10.9. The molecule has 6 nitrogen and oxygen atoms in total. The predicted octanol–water partition coefficient (Wildman–Crippen LogP) is 2.18. The van der Waals surface area contributed by atoms with E-state index in [9.17, 15) is 9.18 Å². The van der Waals surface area contributed by atoms with E-state index in [1.165, 1.54) is 12.8 Å². The van der Waals surface area contributed by atoms with E-state index in [1.807, 2.05) is 0 Å². The minimum Gasteiger partial charge on any atom is -0.352 e. The van der Waals surface area contributed by atoms with Gasteiger partial charge >= 0.3 is 0 Å². The topological polar surface area (TPSA) is 91.2 Å². The van der Waals surface area contributed by atoms with Crippen molar-refractivity contribution in [3.8, 4) is 0 Å². The molecule has 0 aromatic heterocycles. The van der Waals surface area contributed by atoms with Crippen molar-refractivity contribution in [3.05, 3.63) is 0 Å². The zero-order valence-electron chi connectivity index (χ0n) is 19.3. The van der Waals surface area contributed by atoms with Gasteiger partial charge in [0.15, 0.2) is 0 Å². The Morgan fingerprint density at radius 2 is 1.90 bits per heavy atom. The number of amides is 1. The Bertz CT molecular complexity index is 568. The fraction of sp³-hybridized carbons (Fsp3) is 0.958. The monoisotopic (exact) mass is 437 g/mol. The van der Waals surface area contributed by atoms with Crippen molar-refractivity contribution in [1.29, 1.82) is 0 Å². The number of piperidine rings is 1. The molecular weight excluding hydrogens is 393 g/mol. The number of fused-ring (bicyclic) bond motifs is 1. The first-order valence-electron chi connectivity index (χ1n) is 12.9. The van der Waals surface area contributed by atoms with E-state index >= 15 is 0 Å². The van der Waals surface area contributed by atoms with Crippen LogP contribution in [0.1, 0.15) is 77.6 Å². The number of carbonyl (C=O) groups is 1. The largest absolute Gasteiger partial charge is 0.352 e. The second-order valence-electron chi connectivity index (χ2n) is 10.8. The lowest BCUT2D eigenvalue weighted by atomic mass is 9.77. The summed E-state index contributed by atoms with van der Waals surface area (Å²) in [4.78, 5) is 12.9. The van der Waals surface area contributed by atoms with Crippen LogP contribution < -0.4 is 27.0 Å². The lowest BCUT2D eigenvalue weighted by Crippen LogP contribution is -2.49. The molecule has 4 aliphatic rings. The van der Waals surface area contributed by atoms with Gasteiger partial charge in [0.1, 0.15) is 6.17 Å². The maximum Gasteiger partial charge on any atom is 0.237 e. The third kappa shape index (κ3) is 6.18. The number of hydrogen-bond acceptors (Lipinski definition) is 5. The first-order valence-corrected chi connectivity index (χ1v) is 12.9. The van der Waals surface area contributed by atoms with Gasteiger partial charge in [0.25, 0.3) is 0 Å². The molecular formula is C24H44FN5O. The number of alkyl halides is 1. The maximum absolute atomic E-state index is 14.4. The molecule has 8 atom stereocenters. The number of nitrogens with one attached hydrogen (secondary N) is 4.